The van der Waals surface area contributed by atoms with Crippen LogP contribution in [0.4, 0.5) is 5.95 Å². The van der Waals surface area contributed by atoms with E-state index in [9.17, 15) is 18.0 Å². The Labute approximate surface area is 170 Å². The molecule has 1 unspecified atom stereocenters. The molecule has 1 saturated heterocycles. The van der Waals surface area contributed by atoms with Crippen LogP contribution in [0.15, 0.2) is 29.1 Å². The van der Waals surface area contributed by atoms with E-state index in [1.54, 1.807) is 24.3 Å². The molecule has 1 aliphatic heterocycles. The van der Waals surface area contributed by atoms with Crippen LogP contribution in [0.5, 0.6) is 0 Å². The van der Waals surface area contributed by atoms with Crippen LogP contribution in [0.2, 0.25) is 0 Å². The summed E-state index contributed by atoms with van der Waals surface area (Å²) in [7, 11) is -3.33. The normalized spacial score (nSPS) is 17.9. The highest BCUT2D eigenvalue weighted by molar-refractivity contribution is 7.89. The second-order valence-electron chi connectivity index (χ2n) is 7.13. The Hall–Kier alpha value is -2.46. The maximum Gasteiger partial charge on any atom is 0.262 e. The number of fused-ring (bicyclic) bond motifs is 1. The molecule has 0 saturated carbocycles. The predicted octanol–water partition coefficient (Wildman–Crippen LogP) is 1.31. The minimum atomic E-state index is -3.33. The van der Waals surface area contributed by atoms with Crippen molar-refractivity contribution in [3.05, 3.63) is 34.6 Å². The van der Waals surface area contributed by atoms with Gasteiger partial charge in [-0.1, -0.05) is 19.1 Å². The topological polar surface area (TPSA) is 113 Å². The third-order valence-electron chi connectivity index (χ3n) is 5.09. The molecule has 0 spiro atoms. The van der Waals surface area contributed by atoms with E-state index >= 15 is 0 Å². The summed E-state index contributed by atoms with van der Waals surface area (Å²) in [6.07, 6.45) is 1.78. The Morgan fingerprint density at radius 3 is 2.76 bits per heavy atom. The molecule has 2 heterocycles. The predicted molar refractivity (Wildman–Crippen MR) is 112 cm³/mol. The molecule has 1 amide bonds. The van der Waals surface area contributed by atoms with Gasteiger partial charge < -0.3 is 0 Å². The Morgan fingerprint density at radius 1 is 1.28 bits per heavy atom. The number of piperidine rings is 1. The maximum atomic E-state index is 12.6. The van der Waals surface area contributed by atoms with E-state index in [0.717, 1.165) is 0 Å². The van der Waals surface area contributed by atoms with Crippen molar-refractivity contribution in [2.75, 3.05) is 24.3 Å². The number of hydrazine groups is 1. The summed E-state index contributed by atoms with van der Waals surface area (Å²) in [6.45, 7) is 4.64. The van der Waals surface area contributed by atoms with E-state index in [-0.39, 0.29) is 29.7 Å². The van der Waals surface area contributed by atoms with Gasteiger partial charge in [-0.05, 0) is 38.3 Å². The lowest BCUT2D eigenvalue weighted by Crippen LogP contribution is -2.47. The highest BCUT2D eigenvalue weighted by Gasteiger charge is 2.31. The first-order chi connectivity index (χ1) is 13.9. The number of carbonyl (C=O) groups excluding carboxylic acids is 1. The SMILES string of the molecule is CCCS(=O)(=O)N1CCCC(C(=O)NNc2nc3ccccc3c(=O)n2CC)C1. The fourth-order valence-electron chi connectivity index (χ4n) is 3.57. The molecule has 0 radical (unpaired) electrons. The standard InChI is InChI=1S/C19H27N5O4S/c1-3-12-29(27,28)23-11-7-8-14(13-23)17(25)21-22-19-20-16-10-6-5-9-15(16)18(26)24(19)4-2/h5-6,9-10,14H,3-4,7-8,11-13H2,1-2H3,(H,20,22)(H,21,25). The molecule has 9 nitrogen and oxygen atoms in total. The number of hydrogen-bond donors (Lipinski definition) is 2. The third kappa shape index (κ3) is 4.59. The van der Waals surface area contributed by atoms with Crippen LogP contribution in [0.3, 0.4) is 0 Å². The molecule has 0 bridgehead atoms. The Kier molecular flexibility index (Phi) is 6.53. The fourth-order valence-corrected chi connectivity index (χ4v) is 5.16. The molecule has 1 aliphatic rings. The van der Waals surface area contributed by atoms with Gasteiger partial charge in [-0.15, -0.1) is 0 Å². The summed E-state index contributed by atoms with van der Waals surface area (Å²) in [5, 5.41) is 0.510. The van der Waals surface area contributed by atoms with Gasteiger partial charge in [0.15, 0.2) is 0 Å². The molecular formula is C19H27N5O4S. The number of nitrogens with one attached hydrogen (secondary N) is 2. The highest BCUT2D eigenvalue weighted by Crippen LogP contribution is 2.20. The van der Waals surface area contributed by atoms with E-state index in [0.29, 0.717) is 43.3 Å². The minimum absolute atomic E-state index is 0.0867. The van der Waals surface area contributed by atoms with Crippen LogP contribution in [0, 0.1) is 5.92 Å². The van der Waals surface area contributed by atoms with E-state index in [4.69, 9.17) is 0 Å². The largest absolute Gasteiger partial charge is 0.277 e. The number of anilines is 1. The number of para-hydroxylation sites is 1. The second kappa shape index (κ2) is 8.91. The summed E-state index contributed by atoms with van der Waals surface area (Å²) in [4.78, 5) is 29.7. The van der Waals surface area contributed by atoms with Crippen LogP contribution < -0.4 is 16.4 Å². The van der Waals surface area contributed by atoms with Gasteiger partial charge in [-0.3, -0.25) is 25.0 Å². The van der Waals surface area contributed by atoms with Gasteiger partial charge in [-0.2, -0.15) is 0 Å². The molecule has 2 N–H and O–H groups in total. The van der Waals surface area contributed by atoms with Crippen LogP contribution in [0.1, 0.15) is 33.1 Å². The lowest BCUT2D eigenvalue weighted by atomic mass is 9.99. The Balaban J connectivity index is 1.73. The number of sulfonamides is 1. The molecule has 10 heteroatoms. The van der Waals surface area contributed by atoms with E-state index in [2.05, 4.69) is 15.8 Å². The number of nitrogens with zero attached hydrogens (tertiary/aromatic N) is 3. The Bertz CT molecular complexity index is 1050. The van der Waals surface area contributed by atoms with Crippen LogP contribution >= 0.6 is 0 Å². The average Bonchev–Trinajstić information content (AvgIpc) is 2.72. The quantitative estimate of drug-likeness (QED) is 0.652. The molecular weight excluding hydrogens is 394 g/mol. The van der Waals surface area contributed by atoms with Crippen molar-refractivity contribution < 1.29 is 13.2 Å². The van der Waals surface area contributed by atoms with E-state index in [1.165, 1.54) is 8.87 Å². The zero-order valence-corrected chi connectivity index (χ0v) is 17.5. The summed E-state index contributed by atoms with van der Waals surface area (Å²) < 4.78 is 27.5. The molecule has 3 rings (SSSR count). The molecule has 1 aromatic carbocycles. The average molecular weight is 422 g/mol. The number of benzene rings is 1. The van der Waals surface area contributed by atoms with Gasteiger partial charge in [0, 0.05) is 19.6 Å². The molecule has 1 aromatic heterocycles. The van der Waals surface area contributed by atoms with Gasteiger partial charge in [-0.25, -0.2) is 17.7 Å². The summed E-state index contributed by atoms with van der Waals surface area (Å²) in [6, 6.07) is 7.02. The summed E-state index contributed by atoms with van der Waals surface area (Å²) >= 11 is 0. The number of amides is 1. The minimum Gasteiger partial charge on any atom is -0.277 e. The lowest BCUT2D eigenvalue weighted by molar-refractivity contribution is -0.125. The number of rotatable bonds is 7. The zero-order valence-electron chi connectivity index (χ0n) is 16.7. The van der Waals surface area contributed by atoms with Crippen molar-refractivity contribution in [1.82, 2.24) is 19.3 Å². The first kappa shape index (κ1) is 21.3. The van der Waals surface area contributed by atoms with Crippen molar-refractivity contribution in [1.29, 1.82) is 0 Å². The molecule has 29 heavy (non-hydrogen) atoms. The summed E-state index contributed by atoms with van der Waals surface area (Å²) in [5.41, 5.74) is 5.71. The van der Waals surface area contributed by atoms with Crippen molar-refractivity contribution in [2.45, 2.75) is 39.7 Å². The fraction of sp³-hybridized carbons (Fsp3) is 0.526. The van der Waals surface area contributed by atoms with E-state index < -0.39 is 15.9 Å². The van der Waals surface area contributed by atoms with Gasteiger partial charge in [0.25, 0.3) is 5.56 Å². The zero-order chi connectivity index (χ0) is 21.0. The third-order valence-corrected chi connectivity index (χ3v) is 7.13. The second-order valence-corrected chi connectivity index (χ2v) is 9.22. The van der Waals surface area contributed by atoms with Gasteiger partial charge >= 0.3 is 0 Å². The van der Waals surface area contributed by atoms with Crippen LogP contribution in [-0.4, -0.2) is 47.0 Å². The van der Waals surface area contributed by atoms with Gasteiger partial charge in [0.05, 0.1) is 22.6 Å². The number of carbonyl (C=O) groups is 1. The number of hydrogen-bond acceptors (Lipinski definition) is 6. The first-order valence-corrected chi connectivity index (χ1v) is 11.5. The van der Waals surface area contributed by atoms with Crippen molar-refractivity contribution in [3.63, 3.8) is 0 Å². The Morgan fingerprint density at radius 2 is 2.03 bits per heavy atom. The van der Waals surface area contributed by atoms with Crippen molar-refractivity contribution in [2.24, 2.45) is 5.92 Å². The van der Waals surface area contributed by atoms with Crippen molar-refractivity contribution >= 4 is 32.8 Å². The van der Waals surface area contributed by atoms with Crippen LogP contribution in [0.25, 0.3) is 10.9 Å². The van der Waals surface area contributed by atoms with Crippen LogP contribution in [-0.2, 0) is 21.4 Å². The maximum absolute atomic E-state index is 12.6. The molecule has 0 aliphatic carbocycles. The smallest absolute Gasteiger partial charge is 0.262 e. The molecule has 2 aromatic rings. The first-order valence-electron chi connectivity index (χ1n) is 9.90. The van der Waals surface area contributed by atoms with Gasteiger partial charge in [0.1, 0.15) is 0 Å². The molecule has 1 atom stereocenters. The summed E-state index contributed by atoms with van der Waals surface area (Å²) in [5.74, 6) is -0.434. The lowest BCUT2D eigenvalue weighted by Gasteiger charge is -2.31. The highest BCUT2D eigenvalue weighted by atomic mass is 32.2. The molecule has 1 fully saturated rings. The molecule has 158 valence electrons. The van der Waals surface area contributed by atoms with E-state index in [1.807, 2.05) is 13.8 Å². The van der Waals surface area contributed by atoms with Crippen molar-refractivity contribution in [3.8, 4) is 0 Å². The monoisotopic (exact) mass is 421 g/mol. The number of aromatic nitrogens is 2. The van der Waals surface area contributed by atoms with Gasteiger partial charge in [0.2, 0.25) is 21.9 Å².